The highest BCUT2D eigenvalue weighted by atomic mass is 127. The number of hydrogen-bond acceptors (Lipinski definition) is 0. The maximum atomic E-state index is 3.72. The lowest BCUT2D eigenvalue weighted by atomic mass is 10.0. The van der Waals surface area contributed by atoms with Gasteiger partial charge in [-0.3, -0.25) is 0 Å². The van der Waals surface area contributed by atoms with Crippen LogP contribution in [-0.2, 0) is 3.42 Å². The summed E-state index contributed by atoms with van der Waals surface area (Å²) >= 11 is 2.44. The quantitative estimate of drug-likeness (QED) is 0.564. The molecule has 12 heavy (non-hydrogen) atoms. The first-order valence-electron chi connectivity index (χ1n) is 3.96. The van der Waals surface area contributed by atoms with E-state index in [0.717, 1.165) is 0 Å². The molecule has 0 saturated carbocycles. The van der Waals surface area contributed by atoms with Crippen molar-refractivity contribution < 1.29 is 0 Å². The van der Waals surface area contributed by atoms with Crippen LogP contribution in [0.5, 0.6) is 0 Å². The van der Waals surface area contributed by atoms with Crippen LogP contribution in [0.3, 0.4) is 0 Å². The fourth-order valence-electron chi connectivity index (χ4n) is 1.02. The van der Waals surface area contributed by atoms with Crippen molar-refractivity contribution in [3.63, 3.8) is 0 Å². The van der Waals surface area contributed by atoms with Crippen molar-refractivity contribution in [1.82, 2.24) is 0 Å². The molecule has 1 heteroatoms. The maximum absolute atomic E-state index is 3.72. The van der Waals surface area contributed by atoms with E-state index in [-0.39, 0.29) is 3.42 Å². The number of halogens is 1. The van der Waals surface area contributed by atoms with Crippen LogP contribution in [0.2, 0.25) is 0 Å². The van der Waals surface area contributed by atoms with Gasteiger partial charge in [0.15, 0.2) is 0 Å². The molecule has 0 aliphatic rings. The summed E-state index contributed by atoms with van der Waals surface area (Å²) in [7, 11) is 0. The van der Waals surface area contributed by atoms with Gasteiger partial charge in [0.2, 0.25) is 0 Å². The lowest BCUT2D eigenvalue weighted by Crippen LogP contribution is -2.05. The monoisotopic (exact) mass is 272 g/mol. The van der Waals surface area contributed by atoms with Crippen molar-refractivity contribution in [2.24, 2.45) is 0 Å². The van der Waals surface area contributed by atoms with Crippen molar-refractivity contribution in [2.45, 2.75) is 17.3 Å². The van der Waals surface area contributed by atoms with Gasteiger partial charge < -0.3 is 0 Å². The fraction of sp³-hybridized carbons (Fsp3) is 0.273. The summed E-state index contributed by atoms with van der Waals surface area (Å²) in [5, 5.41) is 0. The number of benzene rings is 1. The first-order valence-corrected chi connectivity index (χ1v) is 5.04. The lowest BCUT2D eigenvalue weighted by Gasteiger charge is -2.16. The van der Waals surface area contributed by atoms with Crippen molar-refractivity contribution >= 4 is 28.7 Å². The Morgan fingerprint density at radius 3 is 2.08 bits per heavy atom. The summed E-state index contributed by atoms with van der Waals surface area (Å²) in [6, 6.07) is 8.51. The zero-order valence-electron chi connectivity index (χ0n) is 7.47. The molecule has 0 N–H and O–H groups in total. The number of alkyl halides is 1. The Bertz CT molecular complexity index is 264. The van der Waals surface area contributed by atoms with E-state index in [1.54, 1.807) is 0 Å². The molecule has 0 aliphatic carbocycles. The highest BCUT2D eigenvalue weighted by molar-refractivity contribution is 14.1. The summed E-state index contributed by atoms with van der Waals surface area (Å²) in [6.45, 7) is 8.13. The average Bonchev–Trinajstić information content (AvgIpc) is 2.03. The first-order chi connectivity index (χ1) is 5.54. The highest BCUT2D eigenvalue weighted by Gasteiger charge is 2.14. The van der Waals surface area contributed by atoms with Crippen LogP contribution < -0.4 is 0 Å². The normalized spacial score (nSPS) is 11.2. The van der Waals surface area contributed by atoms with E-state index in [1.165, 1.54) is 11.1 Å². The van der Waals surface area contributed by atoms with E-state index >= 15 is 0 Å². The van der Waals surface area contributed by atoms with Gasteiger partial charge in [-0.05, 0) is 25.0 Å². The maximum Gasteiger partial charge on any atom is 0.0414 e. The predicted octanol–water partition coefficient (Wildman–Crippen LogP) is 4.00. The van der Waals surface area contributed by atoms with Gasteiger partial charge in [0.1, 0.15) is 0 Å². The number of rotatable bonds is 2. The second-order valence-corrected chi connectivity index (χ2v) is 6.00. The van der Waals surface area contributed by atoms with Gasteiger partial charge in [0.05, 0.1) is 0 Å². The molecule has 0 amide bonds. The summed E-state index contributed by atoms with van der Waals surface area (Å²) < 4.78 is 0.220. The molecule has 64 valence electrons. The van der Waals surface area contributed by atoms with Gasteiger partial charge in [-0.1, -0.05) is 59.5 Å². The van der Waals surface area contributed by atoms with E-state index in [2.05, 4.69) is 67.3 Å². The van der Waals surface area contributed by atoms with Crippen LogP contribution in [0.15, 0.2) is 30.8 Å². The van der Waals surface area contributed by atoms with E-state index in [9.17, 15) is 0 Å². The topological polar surface area (TPSA) is 0 Å². The van der Waals surface area contributed by atoms with Gasteiger partial charge >= 0.3 is 0 Å². The van der Waals surface area contributed by atoms with Crippen LogP contribution in [0.1, 0.15) is 25.0 Å². The van der Waals surface area contributed by atoms with Gasteiger partial charge in [-0.15, -0.1) is 0 Å². The smallest absolute Gasteiger partial charge is 0.0414 e. The van der Waals surface area contributed by atoms with Gasteiger partial charge in [0, 0.05) is 3.42 Å². The molecule has 0 spiro atoms. The molecule has 0 aromatic heterocycles. The van der Waals surface area contributed by atoms with Crippen molar-refractivity contribution in [2.75, 3.05) is 0 Å². The minimum atomic E-state index is 0.220. The highest BCUT2D eigenvalue weighted by Crippen LogP contribution is 2.30. The second kappa shape index (κ2) is 3.60. The minimum Gasteiger partial charge on any atom is -0.0985 e. The number of hydrogen-bond donors (Lipinski definition) is 0. The van der Waals surface area contributed by atoms with E-state index in [1.807, 2.05) is 6.08 Å². The molecule has 0 heterocycles. The van der Waals surface area contributed by atoms with Crippen LogP contribution in [0.25, 0.3) is 6.08 Å². The summed E-state index contributed by atoms with van der Waals surface area (Å²) in [5.41, 5.74) is 2.54. The Labute approximate surface area is 87.8 Å². The first kappa shape index (κ1) is 9.78. The Kier molecular flexibility index (Phi) is 2.94. The standard InChI is InChI=1S/C11H13I/c1-4-9-5-7-10(8-6-9)11(2,3)12/h4-8H,1H2,2-3H3. The average molecular weight is 272 g/mol. The fourth-order valence-corrected chi connectivity index (χ4v) is 1.38. The van der Waals surface area contributed by atoms with Gasteiger partial charge in [-0.2, -0.15) is 0 Å². The molecule has 0 bridgehead atoms. The molecule has 0 radical (unpaired) electrons. The third kappa shape index (κ3) is 2.34. The van der Waals surface area contributed by atoms with Crippen LogP contribution >= 0.6 is 22.6 Å². The Morgan fingerprint density at radius 2 is 1.75 bits per heavy atom. The summed E-state index contributed by atoms with van der Waals surface area (Å²) in [4.78, 5) is 0. The molecule has 0 unspecified atom stereocenters. The predicted molar refractivity (Wildman–Crippen MR) is 63.6 cm³/mol. The lowest BCUT2D eigenvalue weighted by molar-refractivity contribution is 0.827. The third-order valence-electron chi connectivity index (χ3n) is 1.83. The SMILES string of the molecule is C=Cc1ccc(C(C)(C)I)cc1. The van der Waals surface area contributed by atoms with Gasteiger partial charge in [-0.25, -0.2) is 0 Å². The van der Waals surface area contributed by atoms with Gasteiger partial charge in [0.25, 0.3) is 0 Å². The van der Waals surface area contributed by atoms with Crippen LogP contribution in [-0.4, -0.2) is 0 Å². The molecule has 0 atom stereocenters. The second-order valence-electron chi connectivity index (χ2n) is 3.30. The molecular weight excluding hydrogens is 259 g/mol. The Morgan fingerprint density at radius 1 is 1.25 bits per heavy atom. The summed E-state index contributed by atoms with van der Waals surface area (Å²) in [5.74, 6) is 0. The zero-order valence-corrected chi connectivity index (χ0v) is 9.63. The molecule has 0 fully saturated rings. The molecule has 1 aromatic rings. The Hall–Kier alpha value is -0.310. The third-order valence-corrected chi connectivity index (χ3v) is 2.46. The largest absolute Gasteiger partial charge is 0.0985 e. The molecule has 0 saturated heterocycles. The Balaban J connectivity index is 3.00. The van der Waals surface area contributed by atoms with Crippen molar-refractivity contribution in [1.29, 1.82) is 0 Å². The van der Waals surface area contributed by atoms with E-state index in [4.69, 9.17) is 0 Å². The molecule has 1 rings (SSSR count). The van der Waals surface area contributed by atoms with Crippen molar-refractivity contribution in [3.05, 3.63) is 42.0 Å². The van der Waals surface area contributed by atoms with Crippen LogP contribution in [0, 0.1) is 0 Å². The van der Waals surface area contributed by atoms with Crippen molar-refractivity contribution in [3.8, 4) is 0 Å². The minimum absolute atomic E-state index is 0.220. The molecule has 0 nitrogen and oxygen atoms in total. The zero-order chi connectivity index (χ0) is 9.19. The van der Waals surface area contributed by atoms with E-state index in [0.29, 0.717) is 0 Å². The molecule has 0 aliphatic heterocycles. The molecule has 1 aromatic carbocycles. The summed E-state index contributed by atoms with van der Waals surface area (Å²) in [6.07, 6.45) is 1.87. The van der Waals surface area contributed by atoms with Crippen LogP contribution in [0.4, 0.5) is 0 Å². The van der Waals surface area contributed by atoms with E-state index < -0.39 is 0 Å². The molecular formula is C11H13I.